The highest BCUT2D eigenvalue weighted by molar-refractivity contribution is 7.25. The van der Waals surface area contributed by atoms with Crippen LogP contribution in [-0.2, 0) is 0 Å². The minimum atomic E-state index is 0.872. The summed E-state index contributed by atoms with van der Waals surface area (Å²) in [6, 6.07) is 67.4. The Bertz CT molecular complexity index is 2860. The van der Waals surface area contributed by atoms with Gasteiger partial charge < -0.3 is 9.32 Å². The van der Waals surface area contributed by atoms with Crippen LogP contribution in [0.25, 0.3) is 75.5 Å². The highest BCUT2D eigenvalue weighted by Crippen LogP contribution is 2.45. The smallest absolute Gasteiger partial charge is 0.137 e. The number of thiophene rings is 1. The standard InChI is InChI=1S/C48H31NOS/c1-2-13-32(14-3-1)37-17-4-5-18-38(37)34-15-10-16-36(31-34)49(42-22-12-24-44-48(42)40-19-6-8-23-43(40)50-44)35-29-27-33(28-30-35)39-21-11-26-46-47(39)41-20-7-9-25-45(41)51-46/h1-31H. The summed E-state index contributed by atoms with van der Waals surface area (Å²) in [4.78, 5) is 2.38. The van der Waals surface area contributed by atoms with Gasteiger partial charge in [-0.2, -0.15) is 0 Å². The molecule has 0 saturated carbocycles. The number of rotatable bonds is 6. The number of furan rings is 1. The minimum absolute atomic E-state index is 0.872. The molecule has 0 fully saturated rings. The van der Waals surface area contributed by atoms with Gasteiger partial charge in [0.15, 0.2) is 0 Å². The van der Waals surface area contributed by atoms with Crippen molar-refractivity contribution in [2.75, 3.05) is 4.90 Å². The van der Waals surface area contributed by atoms with Crippen LogP contribution in [-0.4, -0.2) is 0 Å². The van der Waals surface area contributed by atoms with Gasteiger partial charge in [-0.1, -0.05) is 133 Å². The van der Waals surface area contributed by atoms with Crippen molar-refractivity contribution < 1.29 is 4.42 Å². The van der Waals surface area contributed by atoms with Crippen LogP contribution in [0.4, 0.5) is 17.1 Å². The quantitative estimate of drug-likeness (QED) is 0.175. The molecule has 0 saturated heterocycles. The predicted octanol–water partition coefficient (Wildman–Crippen LogP) is 14.4. The zero-order valence-corrected chi connectivity index (χ0v) is 28.5. The first-order valence-corrected chi connectivity index (χ1v) is 18.1. The average molecular weight is 670 g/mol. The third-order valence-corrected chi connectivity index (χ3v) is 11.0. The van der Waals surface area contributed by atoms with Gasteiger partial charge in [0.25, 0.3) is 0 Å². The second kappa shape index (κ2) is 12.2. The van der Waals surface area contributed by atoms with E-state index in [0.29, 0.717) is 0 Å². The van der Waals surface area contributed by atoms with Gasteiger partial charge >= 0.3 is 0 Å². The topological polar surface area (TPSA) is 16.4 Å². The first kappa shape index (κ1) is 29.5. The maximum absolute atomic E-state index is 6.39. The van der Waals surface area contributed by atoms with Crippen LogP contribution >= 0.6 is 11.3 Å². The summed E-state index contributed by atoms with van der Waals surface area (Å²) in [6.45, 7) is 0. The fourth-order valence-corrected chi connectivity index (χ4v) is 8.72. The number of anilines is 3. The van der Waals surface area contributed by atoms with Crippen molar-refractivity contribution in [1.29, 1.82) is 0 Å². The van der Waals surface area contributed by atoms with Gasteiger partial charge in [-0.25, -0.2) is 0 Å². The molecular weight excluding hydrogens is 639 g/mol. The molecule has 0 atom stereocenters. The van der Waals surface area contributed by atoms with Crippen LogP contribution in [0.2, 0.25) is 0 Å². The van der Waals surface area contributed by atoms with Crippen LogP contribution in [0.5, 0.6) is 0 Å². The van der Waals surface area contributed by atoms with Gasteiger partial charge in [0.2, 0.25) is 0 Å². The molecule has 2 heterocycles. The van der Waals surface area contributed by atoms with E-state index in [2.05, 4.69) is 181 Å². The number of fused-ring (bicyclic) bond motifs is 6. The van der Waals surface area contributed by atoms with E-state index in [-0.39, 0.29) is 0 Å². The molecule has 3 heteroatoms. The van der Waals surface area contributed by atoms with Crippen molar-refractivity contribution >= 4 is 70.5 Å². The van der Waals surface area contributed by atoms with E-state index in [1.54, 1.807) is 0 Å². The van der Waals surface area contributed by atoms with E-state index in [4.69, 9.17) is 4.42 Å². The van der Waals surface area contributed by atoms with Crippen LogP contribution in [0, 0.1) is 0 Å². The molecule has 240 valence electrons. The second-order valence-corrected chi connectivity index (χ2v) is 14.0. The molecule has 2 aromatic heterocycles. The molecule has 0 bridgehead atoms. The molecule has 2 nitrogen and oxygen atoms in total. The van der Waals surface area contributed by atoms with Crippen LogP contribution in [0.15, 0.2) is 192 Å². The summed E-state index contributed by atoms with van der Waals surface area (Å²) in [5.41, 5.74) is 12.2. The molecule has 0 aliphatic heterocycles. The summed E-state index contributed by atoms with van der Waals surface area (Å²) in [5.74, 6) is 0. The lowest BCUT2D eigenvalue weighted by Gasteiger charge is -2.27. The third kappa shape index (κ3) is 5.01. The van der Waals surface area contributed by atoms with Crippen molar-refractivity contribution in [1.82, 2.24) is 0 Å². The molecule has 8 aromatic carbocycles. The van der Waals surface area contributed by atoms with Crippen molar-refractivity contribution in [3.8, 4) is 33.4 Å². The number of para-hydroxylation sites is 1. The number of hydrogen-bond donors (Lipinski definition) is 0. The summed E-state index contributed by atoms with van der Waals surface area (Å²) in [7, 11) is 0. The zero-order chi connectivity index (χ0) is 33.7. The Kier molecular flexibility index (Phi) is 7.04. The predicted molar refractivity (Wildman–Crippen MR) is 218 cm³/mol. The van der Waals surface area contributed by atoms with Gasteiger partial charge in [0.1, 0.15) is 11.2 Å². The maximum atomic E-state index is 6.39. The number of benzene rings is 8. The normalized spacial score (nSPS) is 11.5. The van der Waals surface area contributed by atoms with E-state index in [0.717, 1.165) is 44.6 Å². The fraction of sp³-hybridized carbons (Fsp3) is 0. The Morgan fingerprint density at radius 1 is 0.373 bits per heavy atom. The largest absolute Gasteiger partial charge is 0.456 e. The van der Waals surface area contributed by atoms with Crippen LogP contribution in [0.1, 0.15) is 0 Å². The van der Waals surface area contributed by atoms with Crippen molar-refractivity contribution in [3.63, 3.8) is 0 Å². The lowest BCUT2D eigenvalue weighted by atomic mass is 9.94. The number of nitrogens with zero attached hydrogens (tertiary/aromatic N) is 1. The lowest BCUT2D eigenvalue weighted by molar-refractivity contribution is 0.669. The molecule has 0 unspecified atom stereocenters. The van der Waals surface area contributed by atoms with Crippen molar-refractivity contribution in [3.05, 3.63) is 188 Å². The minimum Gasteiger partial charge on any atom is -0.456 e. The van der Waals surface area contributed by atoms with E-state index in [9.17, 15) is 0 Å². The maximum Gasteiger partial charge on any atom is 0.137 e. The molecule has 0 spiro atoms. The van der Waals surface area contributed by atoms with Gasteiger partial charge in [0.05, 0.1) is 11.1 Å². The summed E-state index contributed by atoms with van der Waals surface area (Å²) in [6.07, 6.45) is 0. The van der Waals surface area contributed by atoms with Crippen LogP contribution < -0.4 is 4.90 Å². The molecule has 0 aliphatic carbocycles. The third-order valence-electron chi connectivity index (χ3n) is 9.89. The second-order valence-electron chi connectivity index (χ2n) is 12.9. The first-order chi connectivity index (χ1) is 25.3. The summed E-state index contributed by atoms with van der Waals surface area (Å²) in [5, 5.41) is 4.83. The highest BCUT2D eigenvalue weighted by Gasteiger charge is 2.21. The van der Waals surface area contributed by atoms with Gasteiger partial charge in [-0.3, -0.25) is 0 Å². The summed E-state index contributed by atoms with van der Waals surface area (Å²) < 4.78 is 9.02. The van der Waals surface area contributed by atoms with Gasteiger partial charge in [-0.05, 0) is 88.0 Å². The Hall–Kier alpha value is -6.42. The van der Waals surface area contributed by atoms with Gasteiger partial charge in [-0.15, -0.1) is 11.3 Å². The van der Waals surface area contributed by atoms with E-state index in [1.165, 1.54) is 48.0 Å². The highest BCUT2D eigenvalue weighted by atomic mass is 32.1. The molecular formula is C48H31NOS. The Balaban J connectivity index is 1.16. The fourth-order valence-electron chi connectivity index (χ4n) is 7.59. The first-order valence-electron chi connectivity index (χ1n) is 17.3. The average Bonchev–Trinajstić information content (AvgIpc) is 3.78. The zero-order valence-electron chi connectivity index (χ0n) is 27.7. The van der Waals surface area contributed by atoms with E-state index < -0.39 is 0 Å². The van der Waals surface area contributed by atoms with Crippen molar-refractivity contribution in [2.24, 2.45) is 0 Å². The van der Waals surface area contributed by atoms with Gasteiger partial charge in [0, 0.05) is 36.9 Å². The Morgan fingerprint density at radius 3 is 1.84 bits per heavy atom. The molecule has 0 radical (unpaired) electrons. The molecule has 0 amide bonds. The van der Waals surface area contributed by atoms with Crippen molar-refractivity contribution in [2.45, 2.75) is 0 Å². The molecule has 51 heavy (non-hydrogen) atoms. The van der Waals surface area contributed by atoms with E-state index >= 15 is 0 Å². The SMILES string of the molecule is c1ccc(-c2ccccc2-c2cccc(N(c3ccc(-c4cccc5sc6ccccc6c45)cc3)c3cccc4oc5ccccc5c34)c2)cc1. The molecule has 0 aliphatic rings. The Labute approximate surface area is 300 Å². The molecule has 0 N–H and O–H groups in total. The lowest BCUT2D eigenvalue weighted by Crippen LogP contribution is -2.10. The van der Waals surface area contributed by atoms with Crippen LogP contribution in [0.3, 0.4) is 0 Å². The monoisotopic (exact) mass is 669 g/mol. The molecule has 10 aromatic rings. The summed E-state index contributed by atoms with van der Waals surface area (Å²) >= 11 is 1.86. The number of hydrogen-bond acceptors (Lipinski definition) is 3. The molecule has 10 rings (SSSR count). The Morgan fingerprint density at radius 2 is 0.980 bits per heavy atom. The van der Waals surface area contributed by atoms with E-state index in [1.807, 2.05) is 23.5 Å².